The summed E-state index contributed by atoms with van der Waals surface area (Å²) in [6.07, 6.45) is 0.858. The molecule has 112 valence electrons. The molecule has 0 heterocycles. The highest BCUT2D eigenvalue weighted by Gasteiger charge is 2.24. The van der Waals surface area contributed by atoms with Gasteiger partial charge in [-0.3, -0.25) is 0 Å². The first-order valence-electron chi connectivity index (χ1n) is 7.70. The fourth-order valence-electron chi connectivity index (χ4n) is 3.59. The quantitative estimate of drug-likeness (QED) is 0.570. The third-order valence-corrected chi connectivity index (χ3v) is 4.62. The van der Waals surface area contributed by atoms with Crippen molar-refractivity contribution in [3.63, 3.8) is 0 Å². The fraction of sp³-hybridized carbons (Fsp3) is 0.0952. The van der Waals surface area contributed by atoms with E-state index < -0.39 is 5.97 Å². The largest absolute Gasteiger partial charge is 0.478 e. The van der Waals surface area contributed by atoms with Crippen molar-refractivity contribution in [2.45, 2.75) is 13.3 Å². The molecule has 23 heavy (non-hydrogen) atoms. The first kappa shape index (κ1) is 13.8. The molecular formula is C21H16O2. The maximum atomic E-state index is 11.6. The van der Waals surface area contributed by atoms with E-state index in [0.29, 0.717) is 5.56 Å². The molecule has 3 aromatic rings. The lowest BCUT2D eigenvalue weighted by molar-refractivity contribution is 0.0697. The number of carbonyl (C=O) groups is 1. The van der Waals surface area contributed by atoms with Gasteiger partial charge < -0.3 is 5.11 Å². The molecule has 1 aliphatic rings. The van der Waals surface area contributed by atoms with Crippen molar-refractivity contribution in [2.24, 2.45) is 0 Å². The van der Waals surface area contributed by atoms with Gasteiger partial charge in [0, 0.05) is 0 Å². The van der Waals surface area contributed by atoms with Crippen LogP contribution in [0.15, 0.2) is 60.7 Å². The van der Waals surface area contributed by atoms with Crippen LogP contribution in [0.25, 0.3) is 22.3 Å². The zero-order valence-corrected chi connectivity index (χ0v) is 12.8. The van der Waals surface area contributed by atoms with Crippen molar-refractivity contribution < 1.29 is 9.90 Å². The van der Waals surface area contributed by atoms with Gasteiger partial charge in [-0.05, 0) is 58.4 Å². The summed E-state index contributed by atoms with van der Waals surface area (Å²) < 4.78 is 0. The molecule has 0 aliphatic heterocycles. The topological polar surface area (TPSA) is 37.3 Å². The van der Waals surface area contributed by atoms with Crippen LogP contribution < -0.4 is 0 Å². The van der Waals surface area contributed by atoms with Crippen LogP contribution in [0.3, 0.4) is 0 Å². The van der Waals surface area contributed by atoms with Gasteiger partial charge in [-0.2, -0.15) is 0 Å². The van der Waals surface area contributed by atoms with E-state index in [2.05, 4.69) is 43.3 Å². The Hall–Kier alpha value is -2.87. The molecule has 3 aromatic carbocycles. The summed E-state index contributed by atoms with van der Waals surface area (Å²) in [5.41, 5.74) is 8.50. The number of hydrogen-bond acceptors (Lipinski definition) is 1. The molecule has 0 bridgehead atoms. The molecule has 4 rings (SSSR count). The molecule has 0 saturated heterocycles. The van der Waals surface area contributed by atoms with Crippen LogP contribution >= 0.6 is 0 Å². The van der Waals surface area contributed by atoms with E-state index in [-0.39, 0.29) is 0 Å². The lowest BCUT2D eigenvalue weighted by atomic mass is 9.90. The molecule has 0 atom stereocenters. The molecule has 2 nitrogen and oxygen atoms in total. The second-order valence-corrected chi connectivity index (χ2v) is 5.97. The minimum Gasteiger partial charge on any atom is -0.478 e. The Balaban J connectivity index is 2.00. The highest BCUT2D eigenvalue weighted by molar-refractivity contribution is 5.98. The first-order chi connectivity index (χ1) is 11.2. The third-order valence-electron chi connectivity index (χ3n) is 4.62. The molecule has 0 saturated carbocycles. The number of hydrogen-bond donors (Lipinski definition) is 1. The number of aromatic carboxylic acids is 1. The van der Waals surface area contributed by atoms with Gasteiger partial charge in [0.25, 0.3) is 0 Å². The maximum Gasteiger partial charge on any atom is 0.336 e. The molecule has 2 heteroatoms. The lowest BCUT2D eigenvalue weighted by Crippen LogP contribution is -2.01. The Bertz CT molecular complexity index is 938. The Morgan fingerprint density at radius 3 is 2.35 bits per heavy atom. The molecule has 0 aromatic heterocycles. The van der Waals surface area contributed by atoms with Crippen molar-refractivity contribution >= 4 is 5.97 Å². The van der Waals surface area contributed by atoms with Crippen LogP contribution in [-0.2, 0) is 6.42 Å². The standard InChI is InChI=1S/C21H16O2/c1-13-10-11-17(16-8-4-5-9-18(16)21(22)23)19-12-14-6-2-3-7-15(14)20(13)19/h2-11H,12H2,1H3,(H,22,23). The maximum absolute atomic E-state index is 11.6. The summed E-state index contributed by atoms with van der Waals surface area (Å²) >= 11 is 0. The Morgan fingerprint density at radius 1 is 0.870 bits per heavy atom. The van der Waals surface area contributed by atoms with Gasteiger partial charge in [-0.1, -0.05) is 54.6 Å². The Morgan fingerprint density at radius 2 is 1.57 bits per heavy atom. The normalized spacial score (nSPS) is 11.9. The molecular weight excluding hydrogens is 284 g/mol. The van der Waals surface area contributed by atoms with Crippen molar-refractivity contribution in [3.8, 4) is 22.3 Å². The van der Waals surface area contributed by atoms with Crippen molar-refractivity contribution in [3.05, 3.63) is 82.9 Å². The van der Waals surface area contributed by atoms with Gasteiger partial charge in [0.05, 0.1) is 5.56 Å². The number of carboxylic acids is 1. The molecule has 1 aliphatic carbocycles. The summed E-state index contributed by atoms with van der Waals surface area (Å²) in [6.45, 7) is 2.12. The number of fused-ring (bicyclic) bond motifs is 3. The number of carboxylic acid groups (broad SMARTS) is 1. The summed E-state index contributed by atoms with van der Waals surface area (Å²) in [7, 11) is 0. The SMILES string of the molecule is Cc1ccc(-c2ccccc2C(=O)O)c2c1-c1ccccc1C2. The number of aryl methyl sites for hydroxylation is 1. The van der Waals surface area contributed by atoms with Gasteiger partial charge in [-0.15, -0.1) is 0 Å². The molecule has 1 N–H and O–H groups in total. The third kappa shape index (κ3) is 2.07. The van der Waals surface area contributed by atoms with Crippen LogP contribution in [-0.4, -0.2) is 11.1 Å². The second-order valence-electron chi connectivity index (χ2n) is 5.97. The second kappa shape index (κ2) is 5.10. The number of rotatable bonds is 2. The smallest absolute Gasteiger partial charge is 0.336 e. The monoisotopic (exact) mass is 300 g/mol. The zero-order valence-electron chi connectivity index (χ0n) is 12.8. The van der Waals surface area contributed by atoms with E-state index >= 15 is 0 Å². The predicted octanol–water partition coefficient (Wildman–Crippen LogP) is 4.93. The highest BCUT2D eigenvalue weighted by Crippen LogP contribution is 2.43. The van der Waals surface area contributed by atoms with Gasteiger partial charge in [0.15, 0.2) is 0 Å². The summed E-state index contributed by atoms with van der Waals surface area (Å²) in [4.78, 5) is 11.6. The van der Waals surface area contributed by atoms with Crippen molar-refractivity contribution in [1.29, 1.82) is 0 Å². The number of benzene rings is 3. The van der Waals surface area contributed by atoms with Crippen LogP contribution in [0, 0.1) is 6.92 Å². The van der Waals surface area contributed by atoms with E-state index in [0.717, 1.165) is 17.5 Å². The van der Waals surface area contributed by atoms with Crippen molar-refractivity contribution in [2.75, 3.05) is 0 Å². The molecule has 0 spiro atoms. The average Bonchev–Trinajstić information content (AvgIpc) is 2.95. The van der Waals surface area contributed by atoms with Gasteiger partial charge in [-0.25, -0.2) is 4.79 Å². The Labute approximate surface area is 135 Å². The summed E-state index contributed by atoms with van der Waals surface area (Å²) in [5, 5.41) is 9.50. The van der Waals surface area contributed by atoms with E-state index in [4.69, 9.17) is 0 Å². The van der Waals surface area contributed by atoms with Crippen LogP contribution in [0.1, 0.15) is 27.0 Å². The summed E-state index contributed by atoms with van der Waals surface area (Å²) in [6, 6.07) is 19.8. The molecule has 0 unspecified atom stereocenters. The van der Waals surface area contributed by atoms with E-state index in [1.807, 2.05) is 12.1 Å². The summed E-state index contributed by atoms with van der Waals surface area (Å²) in [5.74, 6) is -0.884. The molecule has 0 fully saturated rings. The average molecular weight is 300 g/mol. The van der Waals surface area contributed by atoms with Crippen molar-refractivity contribution in [1.82, 2.24) is 0 Å². The lowest BCUT2D eigenvalue weighted by Gasteiger charge is -2.13. The molecule has 0 radical (unpaired) electrons. The molecule has 0 amide bonds. The first-order valence-corrected chi connectivity index (χ1v) is 7.70. The van der Waals surface area contributed by atoms with Gasteiger partial charge in [0.1, 0.15) is 0 Å². The predicted molar refractivity (Wildman–Crippen MR) is 91.8 cm³/mol. The zero-order chi connectivity index (χ0) is 16.0. The minimum absolute atomic E-state index is 0.356. The fourth-order valence-corrected chi connectivity index (χ4v) is 3.59. The van der Waals surface area contributed by atoms with E-state index in [9.17, 15) is 9.90 Å². The Kier molecular flexibility index (Phi) is 3.05. The van der Waals surface area contributed by atoms with Crippen LogP contribution in [0.5, 0.6) is 0 Å². The van der Waals surface area contributed by atoms with E-state index in [1.54, 1.807) is 12.1 Å². The van der Waals surface area contributed by atoms with Crippen LogP contribution in [0.4, 0.5) is 0 Å². The highest BCUT2D eigenvalue weighted by atomic mass is 16.4. The van der Waals surface area contributed by atoms with E-state index in [1.165, 1.54) is 27.8 Å². The van der Waals surface area contributed by atoms with Crippen LogP contribution in [0.2, 0.25) is 0 Å². The minimum atomic E-state index is -0.884. The van der Waals surface area contributed by atoms with Gasteiger partial charge >= 0.3 is 5.97 Å². The van der Waals surface area contributed by atoms with Gasteiger partial charge in [0.2, 0.25) is 0 Å².